The van der Waals surface area contributed by atoms with Crippen molar-refractivity contribution >= 4 is 46.2 Å². The van der Waals surface area contributed by atoms with Crippen LogP contribution in [0.1, 0.15) is 21.5 Å². The lowest BCUT2D eigenvalue weighted by atomic mass is 10.0. The fourth-order valence-corrected chi connectivity index (χ4v) is 3.21. The van der Waals surface area contributed by atoms with Crippen molar-refractivity contribution in [2.75, 3.05) is 5.32 Å². The van der Waals surface area contributed by atoms with Crippen molar-refractivity contribution in [2.45, 2.75) is 12.8 Å². The zero-order valence-electron chi connectivity index (χ0n) is 15.1. The van der Waals surface area contributed by atoms with E-state index in [0.717, 1.165) is 24.0 Å². The Morgan fingerprint density at radius 3 is 2.24 bits per heavy atom. The molecule has 0 aliphatic heterocycles. The number of carboxylic acids is 1. The van der Waals surface area contributed by atoms with Crippen LogP contribution in [0.2, 0.25) is 10.0 Å². The van der Waals surface area contributed by atoms with E-state index < -0.39 is 10.9 Å². The second-order valence-electron chi connectivity index (χ2n) is 6.33. The van der Waals surface area contributed by atoms with E-state index in [1.165, 1.54) is 18.2 Å². The van der Waals surface area contributed by atoms with E-state index in [9.17, 15) is 20.0 Å². The molecule has 0 spiro atoms. The molecule has 0 saturated heterocycles. The Morgan fingerprint density at radius 2 is 1.62 bits per heavy atom. The number of halogens is 2. The fourth-order valence-electron chi connectivity index (χ4n) is 2.88. The number of aryl methyl sites for hydroxylation is 2. The van der Waals surface area contributed by atoms with Crippen LogP contribution in [0.5, 0.6) is 0 Å². The smallest absolute Gasteiger partial charge is 0.338 e. The topological polar surface area (TPSA) is 92.5 Å². The highest BCUT2D eigenvalue weighted by Gasteiger charge is 2.21. The molecule has 0 amide bonds. The third-order valence-electron chi connectivity index (χ3n) is 4.38. The molecule has 0 aromatic heterocycles. The normalized spacial score (nSPS) is 10.6. The van der Waals surface area contributed by atoms with Gasteiger partial charge in [0.15, 0.2) is 0 Å². The van der Waals surface area contributed by atoms with Gasteiger partial charge in [0, 0.05) is 11.8 Å². The first-order valence-electron chi connectivity index (χ1n) is 8.65. The summed E-state index contributed by atoms with van der Waals surface area (Å²) in [5.41, 5.74) is 2.17. The molecule has 3 aromatic carbocycles. The van der Waals surface area contributed by atoms with Crippen LogP contribution in [0.4, 0.5) is 17.1 Å². The Balaban J connectivity index is 1.75. The summed E-state index contributed by atoms with van der Waals surface area (Å²) >= 11 is 12.0. The van der Waals surface area contributed by atoms with Gasteiger partial charge in [-0.15, -0.1) is 0 Å². The number of hydrogen-bond donors (Lipinski definition) is 2. The van der Waals surface area contributed by atoms with E-state index in [0.29, 0.717) is 15.7 Å². The van der Waals surface area contributed by atoms with Crippen molar-refractivity contribution in [1.29, 1.82) is 0 Å². The molecule has 3 aromatic rings. The van der Waals surface area contributed by atoms with E-state index in [1.807, 2.05) is 24.3 Å². The molecule has 0 fully saturated rings. The molecule has 0 aliphatic carbocycles. The van der Waals surface area contributed by atoms with Crippen LogP contribution >= 0.6 is 23.2 Å². The van der Waals surface area contributed by atoms with Gasteiger partial charge in [0.25, 0.3) is 5.69 Å². The molecule has 2 N–H and O–H groups in total. The molecule has 0 atom stereocenters. The highest BCUT2D eigenvalue weighted by molar-refractivity contribution is 6.42. The average Bonchev–Trinajstić information content (AvgIpc) is 2.69. The zero-order valence-corrected chi connectivity index (χ0v) is 16.6. The largest absolute Gasteiger partial charge is 0.478 e. The molecule has 0 aliphatic rings. The van der Waals surface area contributed by atoms with Gasteiger partial charge in [-0.05, 0) is 54.3 Å². The molecule has 148 valence electrons. The highest BCUT2D eigenvalue weighted by atomic mass is 35.5. The number of aromatic carboxylic acids is 1. The van der Waals surface area contributed by atoms with Gasteiger partial charge >= 0.3 is 5.97 Å². The molecule has 0 heterocycles. The summed E-state index contributed by atoms with van der Waals surface area (Å²) < 4.78 is 0. The van der Waals surface area contributed by atoms with Crippen molar-refractivity contribution in [3.8, 4) is 0 Å². The number of anilines is 2. The van der Waals surface area contributed by atoms with E-state index in [-0.39, 0.29) is 16.9 Å². The Bertz CT molecular complexity index is 1040. The van der Waals surface area contributed by atoms with Gasteiger partial charge in [0.05, 0.1) is 20.5 Å². The lowest BCUT2D eigenvalue weighted by Crippen LogP contribution is -2.06. The molecular weight excluding hydrogens is 415 g/mol. The van der Waals surface area contributed by atoms with Gasteiger partial charge in [0.1, 0.15) is 5.69 Å². The minimum Gasteiger partial charge on any atom is -0.478 e. The third-order valence-corrected chi connectivity index (χ3v) is 5.12. The SMILES string of the molecule is O=C(O)c1cccc([N+](=O)[O-])c1Nc1ccc(CCc2ccc(Cl)c(Cl)c2)cc1. The Kier molecular flexibility index (Phi) is 6.36. The zero-order chi connectivity index (χ0) is 21.0. The van der Waals surface area contributed by atoms with Crippen molar-refractivity contribution in [2.24, 2.45) is 0 Å². The molecule has 0 saturated carbocycles. The van der Waals surface area contributed by atoms with Crippen LogP contribution in [-0.2, 0) is 12.8 Å². The highest BCUT2D eigenvalue weighted by Crippen LogP contribution is 2.31. The number of hydrogen-bond acceptors (Lipinski definition) is 4. The molecule has 6 nitrogen and oxygen atoms in total. The van der Waals surface area contributed by atoms with Crippen LogP contribution in [0.25, 0.3) is 0 Å². The van der Waals surface area contributed by atoms with E-state index in [4.69, 9.17) is 23.2 Å². The molecular formula is C21H16Cl2N2O4. The minimum absolute atomic E-state index is 0.0476. The number of para-hydroxylation sites is 1. The molecule has 29 heavy (non-hydrogen) atoms. The quantitative estimate of drug-likeness (QED) is 0.347. The van der Waals surface area contributed by atoms with Crippen LogP contribution < -0.4 is 5.32 Å². The number of benzene rings is 3. The summed E-state index contributed by atoms with van der Waals surface area (Å²) in [7, 11) is 0. The maximum Gasteiger partial charge on any atom is 0.338 e. The number of carboxylic acid groups (broad SMARTS) is 1. The maximum absolute atomic E-state index is 11.4. The van der Waals surface area contributed by atoms with Crippen molar-refractivity contribution in [3.05, 3.63) is 97.5 Å². The van der Waals surface area contributed by atoms with Crippen molar-refractivity contribution in [1.82, 2.24) is 0 Å². The van der Waals surface area contributed by atoms with Gasteiger partial charge in [-0.2, -0.15) is 0 Å². The average molecular weight is 431 g/mol. The molecule has 3 rings (SSSR count). The lowest BCUT2D eigenvalue weighted by molar-refractivity contribution is -0.383. The lowest BCUT2D eigenvalue weighted by Gasteiger charge is -2.11. The number of nitro groups is 1. The van der Waals surface area contributed by atoms with E-state index >= 15 is 0 Å². The summed E-state index contributed by atoms with van der Waals surface area (Å²) in [4.78, 5) is 22.1. The second kappa shape index (κ2) is 8.94. The molecule has 0 unspecified atom stereocenters. The molecule has 8 heteroatoms. The summed E-state index contributed by atoms with van der Waals surface area (Å²) in [5, 5.41) is 24.5. The summed E-state index contributed by atoms with van der Waals surface area (Å²) in [6.07, 6.45) is 1.54. The first-order valence-corrected chi connectivity index (χ1v) is 9.41. The van der Waals surface area contributed by atoms with Crippen LogP contribution in [0.15, 0.2) is 60.7 Å². The summed E-state index contributed by atoms with van der Waals surface area (Å²) in [6.45, 7) is 0. The first kappa shape index (κ1) is 20.6. The van der Waals surface area contributed by atoms with Crippen LogP contribution in [0, 0.1) is 10.1 Å². The monoisotopic (exact) mass is 430 g/mol. The number of nitrogens with zero attached hydrogens (tertiary/aromatic N) is 1. The fraction of sp³-hybridized carbons (Fsp3) is 0.0952. The maximum atomic E-state index is 11.4. The summed E-state index contributed by atoms with van der Waals surface area (Å²) in [6, 6.07) is 16.7. The van der Waals surface area contributed by atoms with Gasteiger partial charge in [-0.25, -0.2) is 4.79 Å². The predicted molar refractivity (Wildman–Crippen MR) is 114 cm³/mol. The van der Waals surface area contributed by atoms with Gasteiger partial charge in [0.2, 0.25) is 0 Å². The second-order valence-corrected chi connectivity index (χ2v) is 7.15. The van der Waals surface area contributed by atoms with Gasteiger partial charge < -0.3 is 10.4 Å². The van der Waals surface area contributed by atoms with Gasteiger partial charge in [-0.1, -0.05) is 47.5 Å². The van der Waals surface area contributed by atoms with Gasteiger partial charge in [-0.3, -0.25) is 10.1 Å². The number of rotatable bonds is 7. The number of nitro benzene ring substituents is 1. The van der Waals surface area contributed by atoms with Crippen LogP contribution in [-0.4, -0.2) is 16.0 Å². The Hall–Kier alpha value is -3.09. The van der Waals surface area contributed by atoms with Crippen molar-refractivity contribution < 1.29 is 14.8 Å². The molecule has 0 radical (unpaired) electrons. The standard InChI is InChI=1S/C21H16Cl2N2O4/c22-17-11-8-14(12-18(17)23)5-4-13-6-9-15(10-7-13)24-20-16(21(26)27)2-1-3-19(20)25(28)29/h1-3,6-12,24H,4-5H2,(H,26,27). The Morgan fingerprint density at radius 1 is 0.966 bits per heavy atom. The van der Waals surface area contributed by atoms with Crippen molar-refractivity contribution in [3.63, 3.8) is 0 Å². The van der Waals surface area contributed by atoms with Crippen LogP contribution in [0.3, 0.4) is 0 Å². The first-order chi connectivity index (χ1) is 13.8. The van der Waals surface area contributed by atoms with E-state index in [1.54, 1.807) is 18.2 Å². The number of carbonyl (C=O) groups is 1. The third kappa shape index (κ3) is 5.04. The predicted octanol–water partition coefficient (Wildman–Crippen LogP) is 6.13. The Labute approximate surface area is 176 Å². The summed E-state index contributed by atoms with van der Waals surface area (Å²) in [5.74, 6) is -1.24. The van der Waals surface area contributed by atoms with E-state index in [2.05, 4.69) is 5.32 Å². The number of nitrogens with one attached hydrogen (secondary N) is 1. The minimum atomic E-state index is -1.24. The molecule has 0 bridgehead atoms.